The number of nitrogens with zero attached hydrogens (tertiary/aromatic N) is 5. The summed E-state index contributed by atoms with van der Waals surface area (Å²) in [4.78, 5) is 22.5. The van der Waals surface area contributed by atoms with Gasteiger partial charge in [-0.3, -0.25) is 24.3 Å². The molecule has 0 aliphatic heterocycles. The molecule has 1 N–H and O–H groups in total. The van der Waals surface area contributed by atoms with Gasteiger partial charge in [-0.1, -0.05) is 35.3 Å². The summed E-state index contributed by atoms with van der Waals surface area (Å²) < 4.78 is 2.79. The number of halogens is 2. The van der Waals surface area contributed by atoms with Gasteiger partial charge in [0.25, 0.3) is 0 Å². The van der Waals surface area contributed by atoms with E-state index in [0.29, 0.717) is 11.6 Å². The third-order valence-corrected chi connectivity index (χ3v) is 4.32. The first-order valence-electron chi connectivity index (χ1n) is 7.80. The molecule has 0 bridgehead atoms. The summed E-state index contributed by atoms with van der Waals surface area (Å²) in [7, 11) is 0. The summed E-state index contributed by atoms with van der Waals surface area (Å²) in [6.45, 7) is 2.01. The Hall–Kier alpha value is -2.91. The maximum absolute atomic E-state index is 12.4. The van der Waals surface area contributed by atoms with E-state index in [0.717, 1.165) is 11.8 Å². The molecule has 2 heterocycles. The van der Waals surface area contributed by atoms with Crippen molar-refractivity contribution in [2.75, 3.05) is 5.32 Å². The minimum absolute atomic E-state index is 0.195. The number of carbonyl (C=O) groups excluding carboxylic acids is 1. The predicted molar refractivity (Wildman–Crippen MR) is 100 cm³/mol. The molecule has 0 radical (unpaired) electrons. The molecule has 0 saturated heterocycles. The SMILES string of the molecule is CC(C(=O)Nc1nn(Cc2ccc(Cl)cc2)cc1Cl)n1cc([N+](=O)[O-])cn1. The second-order valence-electron chi connectivity index (χ2n) is 5.75. The molecule has 3 aromatic rings. The summed E-state index contributed by atoms with van der Waals surface area (Å²) in [6.07, 6.45) is 3.86. The lowest BCUT2D eigenvalue weighted by molar-refractivity contribution is -0.385. The second kappa shape index (κ2) is 7.77. The van der Waals surface area contributed by atoms with Gasteiger partial charge >= 0.3 is 5.69 Å². The largest absolute Gasteiger partial charge is 0.307 e. The van der Waals surface area contributed by atoms with Crippen molar-refractivity contribution in [2.45, 2.75) is 19.5 Å². The van der Waals surface area contributed by atoms with Crippen LogP contribution in [0.3, 0.4) is 0 Å². The molecule has 1 atom stereocenters. The fourth-order valence-electron chi connectivity index (χ4n) is 2.32. The Morgan fingerprint density at radius 2 is 2.00 bits per heavy atom. The van der Waals surface area contributed by atoms with Crippen LogP contribution >= 0.6 is 23.2 Å². The van der Waals surface area contributed by atoms with Crippen LogP contribution in [-0.4, -0.2) is 30.4 Å². The minimum atomic E-state index is -0.781. The van der Waals surface area contributed by atoms with Crippen LogP contribution in [0.2, 0.25) is 10.0 Å². The Kier molecular flexibility index (Phi) is 5.43. The average molecular weight is 409 g/mol. The molecule has 1 aromatic carbocycles. The van der Waals surface area contributed by atoms with Gasteiger partial charge in [-0.05, 0) is 24.6 Å². The quantitative estimate of drug-likeness (QED) is 0.495. The monoisotopic (exact) mass is 408 g/mol. The smallest absolute Gasteiger partial charge is 0.306 e. The molecule has 0 saturated carbocycles. The van der Waals surface area contributed by atoms with E-state index in [1.165, 1.54) is 10.9 Å². The molecule has 0 fully saturated rings. The molecule has 11 heteroatoms. The highest BCUT2D eigenvalue weighted by Gasteiger charge is 2.21. The van der Waals surface area contributed by atoms with Crippen LogP contribution in [0, 0.1) is 10.1 Å². The summed E-state index contributed by atoms with van der Waals surface area (Å²) in [6, 6.07) is 6.49. The van der Waals surface area contributed by atoms with Gasteiger partial charge in [0.15, 0.2) is 5.82 Å². The van der Waals surface area contributed by atoms with Crippen molar-refractivity contribution < 1.29 is 9.72 Å². The molecule has 0 aliphatic carbocycles. The van der Waals surface area contributed by atoms with Gasteiger partial charge in [-0.25, -0.2) is 0 Å². The molecule has 3 rings (SSSR count). The Bertz CT molecular complexity index is 982. The number of nitro groups is 1. The number of nitrogens with one attached hydrogen (secondary N) is 1. The van der Waals surface area contributed by atoms with Crippen molar-refractivity contribution in [3.63, 3.8) is 0 Å². The minimum Gasteiger partial charge on any atom is -0.306 e. The van der Waals surface area contributed by atoms with Crippen molar-refractivity contribution in [3.05, 3.63) is 68.6 Å². The number of hydrogen-bond acceptors (Lipinski definition) is 5. The second-order valence-corrected chi connectivity index (χ2v) is 6.59. The summed E-state index contributed by atoms with van der Waals surface area (Å²) in [5.74, 6) is -0.254. The first-order chi connectivity index (χ1) is 12.8. The lowest BCUT2D eigenvalue weighted by Crippen LogP contribution is -2.24. The van der Waals surface area contributed by atoms with Crippen molar-refractivity contribution in [3.8, 4) is 0 Å². The standard InChI is InChI=1S/C16H14Cl2N6O3/c1-10(23-8-13(6-19-23)24(26)27)16(25)20-15-14(18)9-22(21-15)7-11-2-4-12(17)5-3-11/h2-6,8-10H,7H2,1H3,(H,20,21,25). The normalized spacial score (nSPS) is 12.0. The third kappa shape index (κ3) is 4.44. The molecule has 0 aliphatic rings. The first-order valence-corrected chi connectivity index (χ1v) is 8.56. The number of hydrogen-bond donors (Lipinski definition) is 1. The van der Waals surface area contributed by atoms with E-state index < -0.39 is 16.9 Å². The average Bonchev–Trinajstić information content (AvgIpc) is 3.24. The highest BCUT2D eigenvalue weighted by molar-refractivity contribution is 6.33. The number of carbonyl (C=O) groups is 1. The summed E-state index contributed by atoms with van der Waals surface area (Å²) in [5, 5.41) is 22.3. The van der Waals surface area contributed by atoms with Crippen LogP contribution in [0.4, 0.5) is 11.5 Å². The van der Waals surface area contributed by atoms with Crippen molar-refractivity contribution in [1.29, 1.82) is 0 Å². The molecular weight excluding hydrogens is 395 g/mol. The maximum atomic E-state index is 12.4. The van der Waals surface area contributed by atoms with Crippen LogP contribution in [0.15, 0.2) is 42.9 Å². The third-order valence-electron chi connectivity index (χ3n) is 3.79. The van der Waals surface area contributed by atoms with E-state index >= 15 is 0 Å². The zero-order chi connectivity index (χ0) is 19.6. The van der Waals surface area contributed by atoms with E-state index in [2.05, 4.69) is 15.5 Å². The maximum Gasteiger partial charge on any atom is 0.307 e. The van der Waals surface area contributed by atoms with Gasteiger partial charge in [0, 0.05) is 11.2 Å². The van der Waals surface area contributed by atoms with Gasteiger partial charge in [-0.15, -0.1) is 0 Å². The zero-order valence-corrected chi connectivity index (χ0v) is 15.6. The van der Waals surface area contributed by atoms with Crippen LogP contribution in [-0.2, 0) is 11.3 Å². The summed E-state index contributed by atoms with van der Waals surface area (Å²) in [5.41, 5.74) is 0.772. The number of rotatable bonds is 6. The highest BCUT2D eigenvalue weighted by atomic mass is 35.5. The van der Waals surface area contributed by atoms with Crippen LogP contribution in [0.25, 0.3) is 0 Å². The van der Waals surface area contributed by atoms with Gasteiger partial charge in [0.1, 0.15) is 23.5 Å². The van der Waals surface area contributed by atoms with Gasteiger partial charge in [0.2, 0.25) is 5.91 Å². The molecule has 140 valence electrons. The zero-order valence-electron chi connectivity index (χ0n) is 14.0. The van der Waals surface area contributed by atoms with Crippen LogP contribution in [0.5, 0.6) is 0 Å². The Morgan fingerprint density at radius 3 is 2.63 bits per heavy atom. The number of amides is 1. The lowest BCUT2D eigenvalue weighted by atomic mass is 10.2. The fraction of sp³-hybridized carbons (Fsp3) is 0.188. The fourth-order valence-corrected chi connectivity index (χ4v) is 2.64. The molecule has 27 heavy (non-hydrogen) atoms. The Labute approximate surface area is 163 Å². The summed E-state index contributed by atoms with van der Waals surface area (Å²) >= 11 is 12.0. The Morgan fingerprint density at radius 1 is 1.30 bits per heavy atom. The number of aromatic nitrogens is 4. The Balaban J connectivity index is 1.69. The first kappa shape index (κ1) is 18.9. The van der Waals surface area contributed by atoms with E-state index in [9.17, 15) is 14.9 Å². The molecule has 9 nitrogen and oxygen atoms in total. The number of benzene rings is 1. The molecule has 1 unspecified atom stereocenters. The number of anilines is 1. The van der Waals surface area contributed by atoms with Crippen LogP contribution in [0.1, 0.15) is 18.5 Å². The van der Waals surface area contributed by atoms with E-state index in [4.69, 9.17) is 23.2 Å². The molecular formula is C16H14Cl2N6O3. The van der Waals surface area contributed by atoms with E-state index in [1.807, 2.05) is 12.1 Å². The van der Waals surface area contributed by atoms with E-state index in [1.54, 1.807) is 29.9 Å². The van der Waals surface area contributed by atoms with Crippen molar-refractivity contribution >= 4 is 40.6 Å². The van der Waals surface area contributed by atoms with Crippen molar-refractivity contribution in [2.24, 2.45) is 0 Å². The van der Waals surface area contributed by atoms with Crippen LogP contribution < -0.4 is 5.32 Å². The topological polar surface area (TPSA) is 108 Å². The predicted octanol–water partition coefficient (Wildman–Crippen LogP) is 3.54. The van der Waals surface area contributed by atoms with Gasteiger partial charge < -0.3 is 5.32 Å². The van der Waals surface area contributed by atoms with Crippen molar-refractivity contribution in [1.82, 2.24) is 19.6 Å². The molecule has 2 aromatic heterocycles. The van der Waals surface area contributed by atoms with E-state index in [-0.39, 0.29) is 16.5 Å². The van der Waals surface area contributed by atoms with Gasteiger partial charge in [0.05, 0.1) is 11.5 Å². The molecule has 1 amide bonds. The van der Waals surface area contributed by atoms with Gasteiger partial charge in [-0.2, -0.15) is 10.2 Å². The highest BCUT2D eigenvalue weighted by Crippen LogP contribution is 2.22. The molecule has 0 spiro atoms. The lowest BCUT2D eigenvalue weighted by Gasteiger charge is -2.11.